The van der Waals surface area contributed by atoms with E-state index >= 15 is 0 Å². The summed E-state index contributed by atoms with van der Waals surface area (Å²) in [5, 5.41) is 1.97. The first-order chi connectivity index (χ1) is 9.88. The molecule has 1 heterocycles. The van der Waals surface area contributed by atoms with Gasteiger partial charge in [0.05, 0.1) is 5.56 Å². The fourth-order valence-corrected chi connectivity index (χ4v) is 3.59. The molecule has 0 bridgehead atoms. The summed E-state index contributed by atoms with van der Waals surface area (Å²) in [6.07, 6.45) is -3.21. The lowest BCUT2D eigenvalue weighted by Crippen LogP contribution is -2.38. The largest absolute Gasteiger partial charge is 0.416 e. The van der Waals surface area contributed by atoms with E-state index in [0.717, 1.165) is 15.4 Å². The van der Waals surface area contributed by atoms with Crippen LogP contribution in [0.5, 0.6) is 0 Å². The van der Waals surface area contributed by atoms with Gasteiger partial charge < -0.3 is 0 Å². The van der Waals surface area contributed by atoms with Gasteiger partial charge >= 0.3 is 6.18 Å². The topological polar surface area (TPSA) is 38.0 Å². The number of hydrogen-bond acceptors (Lipinski definition) is 3. The second kappa shape index (κ2) is 6.91. The third kappa shape index (κ3) is 4.81. The third-order valence-electron chi connectivity index (χ3n) is 3.04. The molecule has 0 saturated carbocycles. The minimum absolute atomic E-state index is 0.112. The lowest BCUT2D eigenvalue weighted by molar-refractivity contribution is -0.137. The lowest BCUT2D eigenvalue weighted by atomic mass is 10.0. The summed E-state index contributed by atoms with van der Waals surface area (Å²) in [5.41, 5.74) is 2.66. The van der Waals surface area contributed by atoms with Gasteiger partial charge in [0.15, 0.2) is 0 Å². The lowest BCUT2D eigenvalue weighted by Gasteiger charge is -2.16. The summed E-state index contributed by atoms with van der Waals surface area (Å²) < 4.78 is 39.1. The summed E-state index contributed by atoms with van der Waals surface area (Å²) in [4.78, 5) is 1.12. The molecule has 0 amide bonds. The average molecular weight is 379 g/mol. The number of benzene rings is 1. The number of halogens is 4. The standard InChI is InChI=1S/C14H14BrF3N2S/c15-11-6-13(21-8-11)7-12(20-19)5-9-2-1-3-10(4-9)14(16,17)18/h1-4,6,8,12,20H,5,7,19H2. The van der Waals surface area contributed by atoms with E-state index in [1.165, 1.54) is 12.1 Å². The fourth-order valence-electron chi connectivity index (χ4n) is 2.05. The van der Waals surface area contributed by atoms with Gasteiger partial charge in [0.1, 0.15) is 0 Å². The number of nitrogens with two attached hydrogens (primary N) is 1. The van der Waals surface area contributed by atoms with E-state index < -0.39 is 11.7 Å². The third-order valence-corrected chi connectivity index (χ3v) is 4.76. The molecule has 2 aromatic rings. The van der Waals surface area contributed by atoms with Crippen LogP contribution in [-0.4, -0.2) is 6.04 Å². The first-order valence-electron chi connectivity index (χ1n) is 6.23. The molecule has 0 fully saturated rings. The first-order valence-corrected chi connectivity index (χ1v) is 7.91. The van der Waals surface area contributed by atoms with Crippen LogP contribution in [0.3, 0.4) is 0 Å². The molecular formula is C14H14BrF3N2S. The van der Waals surface area contributed by atoms with Crippen LogP contribution in [-0.2, 0) is 19.0 Å². The van der Waals surface area contributed by atoms with Crippen molar-refractivity contribution in [1.29, 1.82) is 0 Å². The van der Waals surface area contributed by atoms with Crippen molar-refractivity contribution < 1.29 is 13.2 Å². The second-order valence-corrected chi connectivity index (χ2v) is 6.61. The number of nitrogens with one attached hydrogen (secondary N) is 1. The molecule has 1 atom stereocenters. The van der Waals surface area contributed by atoms with Gasteiger partial charge in [-0.1, -0.05) is 18.2 Å². The number of hydrogen-bond donors (Lipinski definition) is 2. The van der Waals surface area contributed by atoms with E-state index in [-0.39, 0.29) is 6.04 Å². The highest BCUT2D eigenvalue weighted by Crippen LogP contribution is 2.30. The van der Waals surface area contributed by atoms with E-state index in [0.29, 0.717) is 18.4 Å². The van der Waals surface area contributed by atoms with Crippen molar-refractivity contribution in [1.82, 2.24) is 5.43 Å². The summed E-state index contributed by atoms with van der Waals surface area (Å²) in [6.45, 7) is 0. The second-order valence-electron chi connectivity index (χ2n) is 4.70. The highest BCUT2D eigenvalue weighted by Gasteiger charge is 2.30. The van der Waals surface area contributed by atoms with Crippen LogP contribution in [0.15, 0.2) is 40.2 Å². The van der Waals surface area contributed by atoms with Crippen molar-refractivity contribution in [3.05, 3.63) is 56.2 Å². The van der Waals surface area contributed by atoms with Crippen LogP contribution >= 0.6 is 27.3 Å². The molecule has 2 nitrogen and oxygen atoms in total. The summed E-state index contributed by atoms with van der Waals surface area (Å²) >= 11 is 4.96. The fraction of sp³-hybridized carbons (Fsp3) is 0.286. The molecule has 0 radical (unpaired) electrons. The Bertz CT molecular complexity index is 598. The monoisotopic (exact) mass is 378 g/mol. The van der Waals surface area contributed by atoms with Gasteiger partial charge in [0.2, 0.25) is 0 Å². The molecule has 1 aromatic heterocycles. The Labute approximate surface area is 133 Å². The molecule has 21 heavy (non-hydrogen) atoms. The SMILES string of the molecule is NNC(Cc1cccc(C(F)(F)F)c1)Cc1cc(Br)cs1. The molecule has 7 heteroatoms. The predicted molar refractivity (Wildman–Crippen MR) is 82.0 cm³/mol. The van der Waals surface area contributed by atoms with Gasteiger partial charge in [-0.2, -0.15) is 13.2 Å². The van der Waals surface area contributed by atoms with Gasteiger partial charge in [0, 0.05) is 20.8 Å². The zero-order valence-electron chi connectivity index (χ0n) is 11.0. The highest BCUT2D eigenvalue weighted by atomic mass is 79.9. The molecule has 0 spiro atoms. The van der Waals surface area contributed by atoms with Crippen LogP contribution in [0.1, 0.15) is 16.0 Å². The number of thiophene rings is 1. The molecule has 0 aliphatic rings. The van der Waals surface area contributed by atoms with Gasteiger partial charge in [-0.05, 0) is 46.5 Å². The van der Waals surface area contributed by atoms with E-state index in [1.807, 2.05) is 11.4 Å². The highest BCUT2D eigenvalue weighted by molar-refractivity contribution is 9.10. The maximum absolute atomic E-state index is 12.7. The van der Waals surface area contributed by atoms with E-state index in [9.17, 15) is 13.2 Å². The predicted octanol–water partition coefficient (Wildman–Crippen LogP) is 4.15. The molecule has 0 aliphatic carbocycles. The van der Waals surface area contributed by atoms with E-state index in [4.69, 9.17) is 5.84 Å². The molecule has 0 aliphatic heterocycles. The molecule has 114 valence electrons. The van der Waals surface area contributed by atoms with Crippen LogP contribution in [0.25, 0.3) is 0 Å². The molecule has 1 aromatic carbocycles. The van der Waals surface area contributed by atoms with Crippen LogP contribution < -0.4 is 11.3 Å². The summed E-state index contributed by atoms with van der Waals surface area (Å²) in [7, 11) is 0. The maximum Gasteiger partial charge on any atom is 0.416 e. The average Bonchev–Trinajstić information content (AvgIpc) is 2.83. The Kier molecular flexibility index (Phi) is 5.43. The van der Waals surface area contributed by atoms with Crippen molar-refractivity contribution in [3.8, 4) is 0 Å². The van der Waals surface area contributed by atoms with Gasteiger partial charge in [-0.3, -0.25) is 11.3 Å². The Hall–Kier alpha value is -0.890. The van der Waals surface area contributed by atoms with Crippen molar-refractivity contribution in [2.75, 3.05) is 0 Å². The molecule has 2 rings (SSSR count). The van der Waals surface area contributed by atoms with Crippen LogP contribution in [0.4, 0.5) is 13.2 Å². The maximum atomic E-state index is 12.7. The molecule has 3 N–H and O–H groups in total. The zero-order chi connectivity index (χ0) is 15.5. The first kappa shape index (κ1) is 16.5. The van der Waals surface area contributed by atoms with Gasteiger partial charge in [-0.25, -0.2) is 0 Å². The normalized spacial score (nSPS) is 13.4. The van der Waals surface area contributed by atoms with Gasteiger partial charge in [-0.15, -0.1) is 11.3 Å². The number of alkyl halides is 3. The summed E-state index contributed by atoms with van der Waals surface area (Å²) in [6, 6.07) is 7.23. The quantitative estimate of drug-likeness (QED) is 0.605. The molecule has 1 unspecified atom stereocenters. The minimum atomic E-state index is -4.32. The smallest absolute Gasteiger partial charge is 0.271 e. The van der Waals surface area contributed by atoms with E-state index in [1.54, 1.807) is 17.4 Å². The van der Waals surface area contributed by atoms with Gasteiger partial charge in [0.25, 0.3) is 0 Å². The van der Waals surface area contributed by atoms with Crippen molar-refractivity contribution >= 4 is 27.3 Å². The zero-order valence-corrected chi connectivity index (χ0v) is 13.4. The number of rotatable bonds is 5. The van der Waals surface area contributed by atoms with Crippen LogP contribution in [0, 0.1) is 0 Å². The van der Waals surface area contributed by atoms with Crippen molar-refractivity contribution in [3.63, 3.8) is 0 Å². The Morgan fingerprint density at radius 2 is 2.00 bits per heavy atom. The Balaban J connectivity index is 2.08. The van der Waals surface area contributed by atoms with Crippen molar-refractivity contribution in [2.45, 2.75) is 25.1 Å². The Morgan fingerprint density at radius 1 is 1.24 bits per heavy atom. The minimum Gasteiger partial charge on any atom is -0.271 e. The number of hydrazine groups is 1. The van der Waals surface area contributed by atoms with E-state index in [2.05, 4.69) is 21.4 Å². The molecular weight excluding hydrogens is 365 g/mol. The van der Waals surface area contributed by atoms with Crippen molar-refractivity contribution in [2.24, 2.45) is 5.84 Å². The summed E-state index contributed by atoms with van der Waals surface area (Å²) in [5.74, 6) is 5.52. The van der Waals surface area contributed by atoms with Crippen LogP contribution in [0.2, 0.25) is 0 Å². The molecule has 0 saturated heterocycles. The Morgan fingerprint density at radius 3 is 2.57 bits per heavy atom.